The van der Waals surface area contributed by atoms with E-state index in [4.69, 9.17) is 116 Å². The number of hydrogen-bond donors (Lipinski definition) is 14. The zero-order valence-electron chi connectivity index (χ0n) is 42.8. The highest BCUT2D eigenvalue weighted by molar-refractivity contribution is 5.68. The molecule has 0 bridgehead atoms. The molecule has 0 aromatic rings. The molecule has 6 rings (SSSR count). The molecule has 6 aliphatic heterocycles. The molecule has 76 heavy (non-hydrogen) atoms. The number of aliphatic hydroxyl groups is 14. The summed E-state index contributed by atoms with van der Waals surface area (Å²) in [5, 5.41) is 131. The number of esters is 4. The van der Waals surface area contributed by atoms with Crippen LogP contribution in [-0.4, -0.2) is 257 Å². The van der Waals surface area contributed by atoms with Crippen molar-refractivity contribution in [2.75, 3.05) is 26.3 Å². The quantitative estimate of drug-likeness (QED) is 0.0302. The van der Waals surface area contributed by atoms with E-state index in [0.717, 1.165) is 6.42 Å². The van der Waals surface area contributed by atoms with Gasteiger partial charge in [0, 0.05) is 49.4 Å². The lowest BCUT2D eigenvalue weighted by Crippen LogP contribution is -2.52. The van der Waals surface area contributed by atoms with Crippen LogP contribution in [0.5, 0.6) is 0 Å². The van der Waals surface area contributed by atoms with Gasteiger partial charge in [-0.15, -0.1) is 0 Å². The maximum absolute atomic E-state index is 11.0. The molecule has 0 aromatic carbocycles. The van der Waals surface area contributed by atoms with Crippen molar-refractivity contribution in [2.45, 2.75) is 204 Å². The molecule has 24 atom stereocenters. The molecule has 6 fully saturated rings. The number of aliphatic hydroxyl groups excluding tert-OH is 14. The third kappa shape index (κ3) is 21.9. The maximum atomic E-state index is 11.0. The van der Waals surface area contributed by atoms with E-state index in [0.29, 0.717) is 6.42 Å². The van der Waals surface area contributed by atoms with Gasteiger partial charge in [-0.25, -0.2) is 0 Å². The van der Waals surface area contributed by atoms with Gasteiger partial charge >= 0.3 is 23.9 Å². The Morgan fingerprint density at radius 1 is 0.474 bits per heavy atom. The number of carbonyl (C=O) groups excluding carboxylic acids is 4. The molecular formula is C42H74N6O28. The van der Waals surface area contributed by atoms with Crippen LogP contribution in [0.2, 0.25) is 0 Å². The molecule has 6 unspecified atom stereocenters. The lowest BCUT2D eigenvalue weighted by atomic mass is 9.99. The molecule has 34 heteroatoms. The largest absolute Gasteiger partial charge is 0.455 e. The molecule has 6 aliphatic rings. The summed E-state index contributed by atoms with van der Waals surface area (Å²) in [5.41, 5.74) is 16.2. The molecule has 0 aromatic heterocycles. The molecule has 6 saturated heterocycles. The highest BCUT2D eigenvalue weighted by atomic mass is 16.7. The third-order valence-electron chi connectivity index (χ3n) is 11.7. The Morgan fingerprint density at radius 2 is 0.816 bits per heavy atom. The summed E-state index contributed by atoms with van der Waals surface area (Å²) in [6.45, 7) is 12.0. The van der Waals surface area contributed by atoms with E-state index in [1.807, 2.05) is 20.8 Å². The van der Waals surface area contributed by atoms with Crippen LogP contribution in [0.1, 0.15) is 68.2 Å². The van der Waals surface area contributed by atoms with Gasteiger partial charge < -0.3 is 119 Å². The number of carbonyl (C=O) groups is 4. The van der Waals surface area contributed by atoms with Crippen LogP contribution >= 0.6 is 0 Å². The van der Waals surface area contributed by atoms with Crippen molar-refractivity contribution in [3.63, 3.8) is 0 Å². The second-order valence-electron chi connectivity index (χ2n) is 17.4. The van der Waals surface area contributed by atoms with Gasteiger partial charge in [0.2, 0.25) is 12.6 Å². The van der Waals surface area contributed by atoms with E-state index in [9.17, 15) is 19.2 Å². The van der Waals surface area contributed by atoms with Gasteiger partial charge in [0.15, 0.2) is 37.4 Å². The number of azide groups is 2. The fourth-order valence-corrected chi connectivity index (χ4v) is 7.42. The van der Waals surface area contributed by atoms with Crippen LogP contribution in [0.3, 0.4) is 0 Å². The van der Waals surface area contributed by atoms with E-state index in [2.05, 4.69) is 34.3 Å². The molecule has 34 nitrogen and oxygen atoms in total. The molecule has 0 spiro atoms. The fourth-order valence-electron chi connectivity index (χ4n) is 7.42. The van der Waals surface area contributed by atoms with Crippen LogP contribution in [0, 0.1) is 11.8 Å². The second-order valence-corrected chi connectivity index (χ2v) is 17.4. The lowest BCUT2D eigenvalue weighted by Gasteiger charge is -2.31. The van der Waals surface area contributed by atoms with Crippen molar-refractivity contribution in [3.8, 4) is 0 Å². The number of nitrogens with zero attached hydrogens (tertiary/aromatic N) is 6. The van der Waals surface area contributed by atoms with E-state index < -0.39 is 160 Å². The van der Waals surface area contributed by atoms with Crippen LogP contribution in [-0.2, 0) is 66.5 Å². The van der Waals surface area contributed by atoms with Crippen LogP contribution in [0.4, 0.5) is 0 Å². The predicted octanol–water partition coefficient (Wildman–Crippen LogP) is -5.19. The van der Waals surface area contributed by atoms with Gasteiger partial charge in [-0.1, -0.05) is 37.9 Å². The summed E-state index contributed by atoms with van der Waals surface area (Å²) in [4.78, 5) is 48.9. The zero-order chi connectivity index (χ0) is 58.3. The topological polar surface area (TPSA) is 541 Å². The van der Waals surface area contributed by atoms with Gasteiger partial charge in [-0.3, -0.25) is 19.2 Å². The van der Waals surface area contributed by atoms with Crippen molar-refractivity contribution in [3.05, 3.63) is 20.9 Å². The molecule has 0 saturated carbocycles. The minimum absolute atomic E-state index is 0.0262. The maximum Gasteiger partial charge on any atom is 0.305 e. The first-order valence-electron chi connectivity index (χ1n) is 23.6. The fraction of sp³-hybridized carbons (Fsp3) is 0.905. The SMILES string of the molecule is CC(=O)OC1O[C@H](CN=[N+]=[N-])[C@@H](C)[C@@H]1OC(C)=O.CC[C@H]1OC(O)[C@@H](O)[C@@H]1O.CC[C@H]1OC(OC(C)=O)[C@@H](OC(C)=O)[C@@H]1C.OC1OC[C@@H](O)[C@@H](O)[C@@H]1O.OC[C@H]1OC(O)[C@@H](O)[C@@H]1O.[N-]=[N+]=NC[C@H]1OC(O)[C@@H](O)[C@@H]1O. The van der Waals surface area contributed by atoms with Crippen LogP contribution in [0.25, 0.3) is 20.9 Å². The molecule has 440 valence electrons. The minimum Gasteiger partial charge on any atom is -0.455 e. The minimum atomic E-state index is -1.41. The van der Waals surface area contributed by atoms with Crippen LogP contribution < -0.4 is 0 Å². The van der Waals surface area contributed by atoms with Gasteiger partial charge in [0.05, 0.1) is 50.7 Å². The Labute approximate surface area is 434 Å². The molecule has 0 amide bonds. The summed E-state index contributed by atoms with van der Waals surface area (Å²) in [6, 6.07) is 0. The summed E-state index contributed by atoms with van der Waals surface area (Å²) in [5.74, 6) is -2.06. The average Bonchev–Trinajstić information content (AvgIpc) is 4.06. The molecule has 0 radical (unpaired) electrons. The smallest absolute Gasteiger partial charge is 0.305 e. The Balaban J connectivity index is 0.000000463. The zero-order valence-corrected chi connectivity index (χ0v) is 42.8. The molecule has 6 heterocycles. The highest BCUT2D eigenvalue weighted by Gasteiger charge is 2.47. The number of hydrogen-bond acceptors (Lipinski definition) is 30. The van der Waals surface area contributed by atoms with Crippen LogP contribution in [0.15, 0.2) is 10.2 Å². The van der Waals surface area contributed by atoms with E-state index in [-0.39, 0.29) is 37.6 Å². The normalized spacial score (nSPS) is 39.8. The molecule has 0 aliphatic carbocycles. The standard InChI is InChI=1S/C11H18O5.C10H15N3O5.C6H12O4.C5H9N3O4.2C5H10O5/c1-5-9-6(2)10(14-7(3)12)11(16-9)15-8(4)13;1-5-8(4-12-13-11)18-10(17-7(3)15)9(5)16-6(2)14;1-2-3-4(7)5(8)6(9)10-3;6-8-7-1-2-3(9)4(10)5(11)12-2;6-2-1-10-5(9)4(8)3(2)7;6-1-2-3(7)4(8)5(9)10-2/h6,9-11H,5H2,1-4H3;5,8-10H,4H2,1-3H3;3-9H,2H2,1H3;2-5,9-11H,1H2;2*2-9H,1H2/t6-,9-,10+,11?;5-,8-,9+,10?;3-,4-,5+,6?;3*2-,3-,4+,5?/m111111/s1. The van der Waals surface area contributed by atoms with Crippen molar-refractivity contribution >= 4 is 23.9 Å². The number of rotatable bonds is 11. The summed E-state index contributed by atoms with van der Waals surface area (Å²) in [6.07, 6.45) is -20.5. The Morgan fingerprint density at radius 3 is 1.12 bits per heavy atom. The second kappa shape index (κ2) is 34.6. The summed E-state index contributed by atoms with van der Waals surface area (Å²) in [7, 11) is 0. The van der Waals surface area contributed by atoms with E-state index in [1.54, 1.807) is 6.92 Å². The highest BCUT2D eigenvalue weighted by Crippen LogP contribution is 2.33. The van der Waals surface area contributed by atoms with E-state index in [1.165, 1.54) is 27.7 Å². The number of ether oxygens (including phenoxy) is 10. The van der Waals surface area contributed by atoms with Gasteiger partial charge in [0.25, 0.3) is 0 Å². The first-order chi connectivity index (χ1) is 35.5. The Kier molecular flexibility index (Phi) is 31.7. The molecule has 14 N–H and O–H groups in total. The first-order valence-corrected chi connectivity index (χ1v) is 23.6. The van der Waals surface area contributed by atoms with Gasteiger partial charge in [-0.2, -0.15) is 0 Å². The van der Waals surface area contributed by atoms with Crippen molar-refractivity contribution < 1.29 is 138 Å². The average molecular weight is 1110 g/mol. The predicted molar refractivity (Wildman–Crippen MR) is 245 cm³/mol. The van der Waals surface area contributed by atoms with Crippen molar-refractivity contribution in [1.29, 1.82) is 0 Å². The van der Waals surface area contributed by atoms with Crippen molar-refractivity contribution in [1.82, 2.24) is 0 Å². The Bertz CT molecular complexity index is 1810. The lowest BCUT2D eigenvalue weighted by molar-refractivity contribution is -0.252. The summed E-state index contributed by atoms with van der Waals surface area (Å²) >= 11 is 0. The third-order valence-corrected chi connectivity index (χ3v) is 11.7. The summed E-state index contributed by atoms with van der Waals surface area (Å²) < 4.78 is 49.5. The monoisotopic (exact) mass is 1110 g/mol. The van der Waals surface area contributed by atoms with Gasteiger partial charge in [-0.05, 0) is 23.9 Å². The first kappa shape index (κ1) is 69.7. The van der Waals surface area contributed by atoms with E-state index >= 15 is 0 Å². The molecular weight excluding hydrogens is 1040 g/mol. The van der Waals surface area contributed by atoms with Crippen molar-refractivity contribution in [2.24, 2.45) is 22.1 Å². The van der Waals surface area contributed by atoms with Gasteiger partial charge in [0.1, 0.15) is 61.0 Å². The Hall–Kier alpha value is -4.30.